The highest BCUT2D eigenvalue weighted by molar-refractivity contribution is 5.91. The number of rotatable bonds is 6. The molecule has 0 radical (unpaired) electrons. The summed E-state index contributed by atoms with van der Waals surface area (Å²) < 4.78 is 31.9. The second-order valence-corrected chi connectivity index (χ2v) is 4.94. The standard InChI is InChI=1S/C16H14F2N2O4/c1-24-11-5-2-10(3-6-11)4-7-16(21)19-14-9-15(20(22)23)13(18)8-12(14)17/h2-3,5-6,8-9H,4,7H2,1H3,(H,19,21). The van der Waals surface area contributed by atoms with Gasteiger partial charge in [0.2, 0.25) is 11.7 Å². The maximum Gasteiger partial charge on any atom is 0.307 e. The van der Waals surface area contributed by atoms with Crippen LogP contribution in [0.3, 0.4) is 0 Å². The zero-order valence-electron chi connectivity index (χ0n) is 12.7. The van der Waals surface area contributed by atoms with Crippen LogP contribution in [0, 0.1) is 21.7 Å². The van der Waals surface area contributed by atoms with Gasteiger partial charge in [-0.3, -0.25) is 14.9 Å². The number of nitro groups is 1. The van der Waals surface area contributed by atoms with Gasteiger partial charge in [-0.05, 0) is 24.1 Å². The van der Waals surface area contributed by atoms with Gasteiger partial charge in [-0.15, -0.1) is 0 Å². The predicted molar refractivity (Wildman–Crippen MR) is 83.0 cm³/mol. The molecule has 1 N–H and O–H groups in total. The van der Waals surface area contributed by atoms with E-state index in [1.165, 1.54) is 0 Å². The highest BCUT2D eigenvalue weighted by Crippen LogP contribution is 2.25. The summed E-state index contributed by atoms with van der Waals surface area (Å²) in [5, 5.41) is 12.9. The van der Waals surface area contributed by atoms with Crippen LogP contribution in [-0.2, 0) is 11.2 Å². The topological polar surface area (TPSA) is 81.5 Å². The molecule has 2 aromatic rings. The molecule has 0 aliphatic carbocycles. The highest BCUT2D eigenvalue weighted by Gasteiger charge is 2.19. The van der Waals surface area contributed by atoms with Crippen LogP contribution in [0.4, 0.5) is 20.2 Å². The van der Waals surface area contributed by atoms with Gasteiger partial charge in [0.25, 0.3) is 0 Å². The molecule has 6 nitrogen and oxygen atoms in total. The molecule has 2 rings (SSSR count). The van der Waals surface area contributed by atoms with Gasteiger partial charge in [0.05, 0.1) is 17.7 Å². The van der Waals surface area contributed by atoms with Crippen LogP contribution in [0.1, 0.15) is 12.0 Å². The zero-order chi connectivity index (χ0) is 17.7. The normalized spacial score (nSPS) is 10.3. The molecule has 0 heterocycles. The van der Waals surface area contributed by atoms with Gasteiger partial charge in [0.1, 0.15) is 11.6 Å². The summed E-state index contributed by atoms with van der Waals surface area (Å²) in [4.78, 5) is 21.5. The molecule has 0 fully saturated rings. The first-order valence-electron chi connectivity index (χ1n) is 6.97. The van der Waals surface area contributed by atoms with E-state index in [0.29, 0.717) is 24.3 Å². The van der Waals surface area contributed by atoms with E-state index < -0.39 is 33.8 Å². The van der Waals surface area contributed by atoms with Crippen molar-refractivity contribution in [3.8, 4) is 5.75 Å². The van der Waals surface area contributed by atoms with E-state index in [9.17, 15) is 23.7 Å². The number of anilines is 1. The summed E-state index contributed by atoms with van der Waals surface area (Å²) in [6.45, 7) is 0. The van der Waals surface area contributed by atoms with Crippen molar-refractivity contribution in [1.82, 2.24) is 0 Å². The fraction of sp³-hybridized carbons (Fsp3) is 0.188. The summed E-state index contributed by atoms with van der Waals surface area (Å²) in [5.74, 6) is -2.22. The molecule has 0 unspecified atom stereocenters. The maximum absolute atomic E-state index is 13.6. The second kappa shape index (κ2) is 7.49. The second-order valence-electron chi connectivity index (χ2n) is 4.94. The van der Waals surface area contributed by atoms with Crippen molar-refractivity contribution < 1.29 is 23.2 Å². The van der Waals surface area contributed by atoms with Crippen LogP contribution < -0.4 is 10.1 Å². The third-order valence-electron chi connectivity index (χ3n) is 3.31. The number of hydrogen-bond acceptors (Lipinski definition) is 4. The summed E-state index contributed by atoms with van der Waals surface area (Å²) in [7, 11) is 1.54. The Bertz CT molecular complexity index is 763. The number of halogens is 2. The number of carbonyl (C=O) groups is 1. The minimum atomic E-state index is -1.30. The van der Waals surface area contributed by atoms with Crippen LogP contribution >= 0.6 is 0 Å². The number of carbonyl (C=O) groups excluding carboxylic acids is 1. The SMILES string of the molecule is COc1ccc(CCC(=O)Nc2cc([N+](=O)[O-])c(F)cc2F)cc1. The molecule has 8 heteroatoms. The van der Waals surface area contributed by atoms with Gasteiger partial charge in [0, 0.05) is 18.6 Å². The molecule has 0 atom stereocenters. The van der Waals surface area contributed by atoms with E-state index in [4.69, 9.17) is 4.74 Å². The highest BCUT2D eigenvalue weighted by atomic mass is 19.1. The lowest BCUT2D eigenvalue weighted by atomic mass is 10.1. The lowest BCUT2D eigenvalue weighted by Gasteiger charge is -2.07. The minimum absolute atomic E-state index is 0.0386. The van der Waals surface area contributed by atoms with E-state index in [1.807, 2.05) is 0 Å². The van der Waals surface area contributed by atoms with Gasteiger partial charge in [-0.1, -0.05) is 12.1 Å². The fourth-order valence-electron chi connectivity index (χ4n) is 2.04. The van der Waals surface area contributed by atoms with Crippen LogP contribution in [-0.4, -0.2) is 17.9 Å². The number of benzene rings is 2. The van der Waals surface area contributed by atoms with E-state index in [1.54, 1.807) is 31.4 Å². The molecule has 0 spiro atoms. The molecule has 0 aliphatic heterocycles. The smallest absolute Gasteiger partial charge is 0.307 e. The van der Waals surface area contributed by atoms with Gasteiger partial charge >= 0.3 is 5.69 Å². The Hall–Kier alpha value is -3.03. The van der Waals surface area contributed by atoms with Gasteiger partial charge in [-0.25, -0.2) is 4.39 Å². The number of aryl methyl sites for hydroxylation is 1. The molecular weight excluding hydrogens is 322 g/mol. The molecule has 1 amide bonds. The maximum atomic E-state index is 13.6. The third kappa shape index (κ3) is 4.25. The first-order chi connectivity index (χ1) is 11.4. The Balaban J connectivity index is 2.01. The van der Waals surface area contributed by atoms with Gasteiger partial charge in [0.15, 0.2) is 0 Å². The number of ether oxygens (including phenoxy) is 1. The average Bonchev–Trinajstić information content (AvgIpc) is 2.55. The number of nitrogens with zero attached hydrogens (tertiary/aromatic N) is 1. The number of nitrogens with one attached hydrogen (secondary N) is 1. The first kappa shape index (κ1) is 17.3. The minimum Gasteiger partial charge on any atom is -0.497 e. The quantitative estimate of drug-likeness (QED) is 0.647. The van der Waals surface area contributed by atoms with Crippen molar-refractivity contribution in [2.75, 3.05) is 12.4 Å². The Morgan fingerprint density at radius 3 is 2.46 bits per heavy atom. The number of amides is 1. The van der Waals surface area contributed by atoms with Crippen molar-refractivity contribution in [3.05, 3.63) is 63.7 Å². The molecule has 126 valence electrons. The van der Waals surface area contributed by atoms with E-state index in [0.717, 1.165) is 5.56 Å². The lowest BCUT2D eigenvalue weighted by molar-refractivity contribution is -0.387. The van der Waals surface area contributed by atoms with Crippen molar-refractivity contribution in [1.29, 1.82) is 0 Å². The Morgan fingerprint density at radius 1 is 1.21 bits per heavy atom. The van der Waals surface area contributed by atoms with E-state index >= 15 is 0 Å². The van der Waals surface area contributed by atoms with Crippen LogP contribution in [0.2, 0.25) is 0 Å². The van der Waals surface area contributed by atoms with Crippen molar-refractivity contribution in [3.63, 3.8) is 0 Å². The Labute approximate surface area is 136 Å². The molecule has 0 aliphatic rings. The van der Waals surface area contributed by atoms with E-state index in [2.05, 4.69) is 5.32 Å². The Morgan fingerprint density at radius 2 is 1.88 bits per heavy atom. The first-order valence-corrected chi connectivity index (χ1v) is 6.97. The molecule has 0 saturated carbocycles. The van der Waals surface area contributed by atoms with Gasteiger partial charge < -0.3 is 10.1 Å². The zero-order valence-corrected chi connectivity index (χ0v) is 12.7. The molecular formula is C16H14F2N2O4. The molecule has 2 aromatic carbocycles. The average molecular weight is 336 g/mol. The molecule has 0 bridgehead atoms. The van der Waals surface area contributed by atoms with Crippen molar-refractivity contribution in [2.24, 2.45) is 0 Å². The monoisotopic (exact) mass is 336 g/mol. The summed E-state index contributed by atoms with van der Waals surface area (Å²) in [5.41, 5.74) is -0.457. The van der Waals surface area contributed by atoms with Crippen LogP contribution in [0.25, 0.3) is 0 Å². The van der Waals surface area contributed by atoms with Gasteiger partial charge in [-0.2, -0.15) is 4.39 Å². The fourth-order valence-corrected chi connectivity index (χ4v) is 2.04. The largest absolute Gasteiger partial charge is 0.497 e. The summed E-state index contributed by atoms with van der Waals surface area (Å²) in [6.07, 6.45) is 0.428. The summed E-state index contributed by atoms with van der Waals surface area (Å²) in [6, 6.07) is 8.10. The number of hydrogen-bond donors (Lipinski definition) is 1. The molecule has 0 saturated heterocycles. The molecule has 24 heavy (non-hydrogen) atoms. The van der Waals surface area contributed by atoms with E-state index in [-0.39, 0.29) is 6.42 Å². The Kier molecular flexibility index (Phi) is 5.41. The van der Waals surface area contributed by atoms with Crippen molar-refractivity contribution in [2.45, 2.75) is 12.8 Å². The van der Waals surface area contributed by atoms with Crippen LogP contribution in [0.5, 0.6) is 5.75 Å². The molecule has 0 aromatic heterocycles. The third-order valence-corrected chi connectivity index (χ3v) is 3.31. The number of methoxy groups -OCH3 is 1. The predicted octanol–water partition coefficient (Wildman–Crippen LogP) is 3.45. The van der Waals surface area contributed by atoms with Crippen LogP contribution in [0.15, 0.2) is 36.4 Å². The lowest BCUT2D eigenvalue weighted by Crippen LogP contribution is -2.14. The van der Waals surface area contributed by atoms with Crippen molar-refractivity contribution >= 4 is 17.3 Å². The summed E-state index contributed by atoms with van der Waals surface area (Å²) >= 11 is 0. The number of nitro benzene ring substituents is 1.